The second-order valence-corrected chi connectivity index (χ2v) is 12.9. The number of nitrogens with one attached hydrogen (secondary N) is 2. The van der Waals surface area contributed by atoms with Gasteiger partial charge in [-0.2, -0.15) is 18.4 Å². The van der Waals surface area contributed by atoms with Crippen molar-refractivity contribution in [2.24, 2.45) is 0 Å². The predicted molar refractivity (Wildman–Crippen MR) is 179 cm³/mol. The number of rotatable bonds is 10. The van der Waals surface area contributed by atoms with Crippen LogP contribution >= 0.6 is 11.3 Å². The molecule has 1 atom stereocenters. The molecular weight excluding hydrogens is 641 g/mol. The Bertz CT molecular complexity index is 2150. The standard InChI is InChI=1S/C34H33F3N8O2S/c1-3-31(47)43-30-7-5-21(16-39-30)29(46)18-45-24(15-38)12-26-20(2)22(4-6-28(26)45)17-44-10-8-23(9-11-44)42-32-27-13-25(14-34(35,36)37)48-33(27)41-19-40-32/h3-7,12-13,16,19,23,29,46H,1,8-11,14,17-18H2,2H3,(H,39,43,47)(H,40,41,42)/i1D2,3D. The van der Waals surface area contributed by atoms with Crippen LogP contribution in [0.1, 0.15) is 50.3 Å². The van der Waals surface area contributed by atoms with Crippen LogP contribution in [0.25, 0.3) is 21.1 Å². The number of hydrogen-bond donors (Lipinski definition) is 3. The summed E-state index contributed by atoms with van der Waals surface area (Å²) in [7, 11) is 0. The van der Waals surface area contributed by atoms with Crippen molar-refractivity contribution in [3.05, 3.63) is 88.8 Å². The Morgan fingerprint density at radius 1 is 1.25 bits per heavy atom. The molecule has 1 aliphatic heterocycles. The summed E-state index contributed by atoms with van der Waals surface area (Å²) in [5.74, 6) is -0.286. The van der Waals surface area contributed by atoms with Crippen LogP contribution in [0.2, 0.25) is 0 Å². The van der Waals surface area contributed by atoms with Gasteiger partial charge in [0.2, 0.25) is 5.91 Å². The summed E-state index contributed by atoms with van der Waals surface area (Å²) in [4.78, 5) is 27.6. The van der Waals surface area contributed by atoms with Crippen molar-refractivity contribution in [2.45, 2.75) is 57.6 Å². The molecule has 0 aliphatic carbocycles. The number of amides is 1. The first kappa shape index (κ1) is 29.3. The molecule has 248 valence electrons. The Balaban J connectivity index is 1.09. The normalized spacial score (nSPS) is 15.8. The Morgan fingerprint density at radius 2 is 2.06 bits per heavy atom. The number of benzene rings is 1. The molecule has 5 heterocycles. The fraction of sp³-hybridized carbons (Fsp3) is 0.324. The molecule has 1 saturated heterocycles. The lowest BCUT2D eigenvalue weighted by molar-refractivity contribution is -0.126. The van der Waals surface area contributed by atoms with Gasteiger partial charge in [-0.25, -0.2) is 15.0 Å². The number of aryl methyl sites for hydroxylation is 1. The van der Waals surface area contributed by atoms with Gasteiger partial charge in [-0.05, 0) is 61.2 Å². The zero-order valence-electron chi connectivity index (χ0n) is 28.8. The molecule has 0 spiro atoms. The van der Waals surface area contributed by atoms with E-state index in [4.69, 9.17) is 4.11 Å². The molecule has 48 heavy (non-hydrogen) atoms. The van der Waals surface area contributed by atoms with Gasteiger partial charge >= 0.3 is 6.18 Å². The lowest BCUT2D eigenvalue weighted by atomic mass is 10.0. The zero-order chi connectivity index (χ0) is 36.4. The number of alkyl halides is 3. The maximum atomic E-state index is 13.0. The van der Waals surface area contributed by atoms with Gasteiger partial charge in [-0.1, -0.05) is 18.7 Å². The Kier molecular flexibility index (Phi) is 8.38. The van der Waals surface area contributed by atoms with E-state index < -0.39 is 37.2 Å². The van der Waals surface area contributed by atoms with E-state index in [1.54, 1.807) is 10.6 Å². The second-order valence-electron chi connectivity index (χ2n) is 11.7. The first-order valence-corrected chi connectivity index (χ1v) is 16.0. The highest BCUT2D eigenvalue weighted by molar-refractivity contribution is 7.18. The Labute approximate surface area is 282 Å². The highest BCUT2D eigenvalue weighted by atomic mass is 32.1. The monoisotopic (exact) mass is 677 g/mol. The third-order valence-electron chi connectivity index (χ3n) is 8.54. The minimum atomic E-state index is -4.29. The number of nitrogens with zero attached hydrogens (tertiary/aromatic N) is 6. The van der Waals surface area contributed by atoms with Crippen molar-refractivity contribution in [1.29, 1.82) is 5.26 Å². The van der Waals surface area contributed by atoms with Crippen LogP contribution in [0.3, 0.4) is 0 Å². The Hall–Kier alpha value is -4.84. The van der Waals surface area contributed by atoms with Crippen LogP contribution < -0.4 is 10.6 Å². The topological polar surface area (TPSA) is 132 Å². The molecule has 0 saturated carbocycles. The average Bonchev–Trinajstić information content (AvgIpc) is 3.67. The number of carbonyl (C=O) groups is 1. The number of halogens is 3. The van der Waals surface area contributed by atoms with E-state index in [0.29, 0.717) is 33.8 Å². The number of aromatic nitrogens is 4. The lowest BCUT2D eigenvalue weighted by Crippen LogP contribution is -2.39. The largest absolute Gasteiger partial charge is 0.393 e. The minimum Gasteiger partial charge on any atom is -0.386 e. The SMILES string of the molecule is [2H]C([2H])=C([2H])C(=O)Nc1ccc(C(O)Cn2c(C#N)cc3c(C)c(CN4CCC(Nc5ncnc6sc(CC(F)(F)F)cc56)CC4)ccc32)cn1. The first-order valence-electron chi connectivity index (χ1n) is 16.7. The molecule has 10 nitrogen and oxygen atoms in total. The number of piperidine rings is 1. The molecule has 3 N–H and O–H groups in total. The summed E-state index contributed by atoms with van der Waals surface area (Å²) < 4.78 is 62.3. The van der Waals surface area contributed by atoms with Gasteiger partial charge in [-0.3, -0.25) is 9.69 Å². The summed E-state index contributed by atoms with van der Waals surface area (Å²) in [5.41, 5.74) is 3.77. The molecule has 5 aromatic rings. The van der Waals surface area contributed by atoms with E-state index in [0.717, 1.165) is 59.3 Å². The van der Waals surface area contributed by atoms with Gasteiger partial charge in [0.15, 0.2) is 0 Å². The molecular formula is C34H33F3N8O2S. The van der Waals surface area contributed by atoms with Crippen molar-refractivity contribution >= 4 is 50.0 Å². The number of hydrogen-bond acceptors (Lipinski definition) is 9. The predicted octanol–water partition coefficient (Wildman–Crippen LogP) is 6.26. The fourth-order valence-corrected chi connectivity index (χ4v) is 7.09. The summed E-state index contributed by atoms with van der Waals surface area (Å²) >= 11 is 1.03. The van der Waals surface area contributed by atoms with Crippen LogP contribution in [0.5, 0.6) is 0 Å². The first-order chi connectivity index (χ1) is 24.3. The van der Waals surface area contributed by atoms with E-state index >= 15 is 0 Å². The van der Waals surface area contributed by atoms with Gasteiger partial charge in [0.05, 0.1) is 28.6 Å². The van der Waals surface area contributed by atoms with Crippen LogP contribution in [0, 0.1) is 18.3 Å². The number of thiophene rings is 1. The molecule has 1 aliphatic rings. The smallest absolute Gasteiger partial charge is 0.386 e. The summed E-state index contributed by atoms with van der Waals surface area (Å²) in [6, 6.07) is 11.9. The quantitative estimate of drug-likeness (QED) is 0.148. The Morgan fingerprint density at radius 3 is 2.77 bits per heavy atom. The van der Waals surface area contributed by atoms with Gasteiger partial charge in [0.25, 0.3) is 0 Å². The molecule has 6 rings (SSSR count). The van der Waals surface area contributed by atoms with Gasteiger partial charge in [0.1, 0.15) is 34.6 Å². The molecule has 0 radical (unpaired) electrons. The second kappa shape index (κ2) is 13.7. The summed E-state index contributed by atoms with van der Waals surface area (Å²) in [5, 5.41) is 28.3. The van der Waals surface area contributed by atoms with Crippen molar-refractivity contribution in [2.75, 3.05) is 23.7 Å². The van der Waals surface area contributed by atoms with Crippen LogP contribution in [0.4, 0.5) is 24.8 Å². The maximum Gasteiger partial charge on any atom is 0.393 e. The fourth-order valence-electron chi connectivity index (χ4n) is 6.06. The average molecular weight is 678 g/mol. The number of aliphatic hydroxyl groups excluding tert-OH is 1. The van der Waals surface area contributed by atoms with Crippen molar-refractivity contribution < 1.29 is 27.2 Å². The number of pyridine rings is 1. The van der Waals surface area contributed by atoms with Crippen molar-refractivity contribution in [1.82, 2.24) is 24.4 Å². The third-order valence-corrected chi connectivity index (χ3v) is 9.58. The highest BCUT2D eigenvalue weighted by Crippen LogP contribution is 2.34. The number of nitriles is 1. The molecule has 0 bridgehead atoms. The van der Waals surface area contributed by atoms with Crippen LogP contribution in [-0.4, -0.2) is 60.7 Å². The molecule has 14 heteroatoms. The number of likely N-dealkylation sites (tertiary alicyclic amines) is 1. The van der Waals surface area contributed by atoms with Crippen molar-refractivity contribution in [3.8, 4) is 6.07 Å². The molecule has 1 aromatic carbocycles. The number of anilines is 2. The molecule has 1 fully saturated rings. The lowest BCUT2D eigenvalue weighted by Gasteiger charge is -2.33. The highest BCUT2D eigenvalue weighted by Gasteiger charge is 2.29. The minimum absolute atomic E-state index is 0.0768. The van der Waals surface area contributed by atoms with Crippen LogP contribution in [0.15, 0.2) is 61.5 Å². The zero-order valence-corrected chi connectivity index (χ0v) is 26.6. The van der Waals surface area contributed by atoms with E-state index in [9.17, 15) is 28.3 Å². The number of aliphatic hydroxyl groups is 1. The third kappa shape index (κ3) is 7.33. The molecule has 4 aromatic heterocycles. The van der Waals surface area contributed by atoms with Crippen molar-refractivity contribution in [3.63, 3.8) is 0 Å². The summed E-state index contributed by atoms with van der Waals surface area (Å²) in [6.45, 7) is 3.47. The van der Waals surface area contributed by atoms with E-state index in [1.165, 1.54) is 24.7 Å². The van der Waals surface area contributed by atoms with Gasteiger partial charge in [-0.15, -0.1) is 11.3 Å². The maximum absolute atomic E-state index is 13.0. The molecule has 1 unspecified atom stereocenters. The van der Waals surface area contributed by atoms with E-state index in [2.05, 4.69) is 36.6 Å². The van der Waals surface area contributed by atoms with E-state index in [-0.39, 0.29) is 23.3 Å². The summed E-state index contributed by atoms with van der Waals surface area (Å²) in [6.07, 6.45) is -1.91. The van der Waals surface area contributed by atoms with E-state index in [1.807, 2.05) is 25.1 Å². The number of fused-ring (bicyclic) bond motifs is 2. The number of carbonyl (C=O) groups excluding carboxylic acids is 1. The van der Waals surface area contributed by atoms with Gasteiger partial charge < -0.3 is 20.3 Å². The molecule has 1 amide bonds. The van der Waals surface area contributed by atoms with Gasteiger partial charge in [0, 0.05) is 53.2 Å². The van der Waals surface area contributed by atoms with Crippen LogP contribution in [-0.2, 0) is 24.3 Å².